The van der Waals surface area contributed by atoms with Gasteiger partial charge in [0.15, 0.2) is 15.8 Å². The van der Waals surface area contributed by atoms with Crippen LogP contribution >= 0.6 is 0 Å². The van der Waals surface area contributed by atoms with E-state index in [0.717, 1.165) is 6.54 Å². The summed E-state index contributed by atoms with van der Waals surface area (Å²) in [5.41, 5.74) is 2.43. The molecule has 2 rings (SSSR count). The summed E-state index contributed by atoms with van der Waals surface area (Å²) in [6.45, 7) is 3.91. The number of aliphatic imine (C=N–C) groups is 1. The van der Waals surface area contributed by atoms with Gasteiger partial charge in [-0.1, -0.05) is 36.4 Å². The van der Waals surface area contributed by atoms with Gasteiger partial charge in [-0.3, -0.25) is 9.89 Å². The number of hydrogen-bond donors (Lipinski definition) is 2. The normalized spacial score (nSPS) is 13.3. The maximum atomic E-state index is 13.7. The van der Waals surface area contributed by atoms with Crippen LogP contribution in [-0.4, -0.2) is 52.2 Å². The summed E-state index contributed by atoms with van der Waals surface area (Å²) in [6, 6.07) is 14.7. The Morgan fingerprint density at radius 2 is 1.83 bits per heavy atom. The van der Waals surface area contributed by atoms with Gasteiger partial charge in [0.2, 0.25) is 0 Å². The van der Waals surface area contributed by atoms with Crippen molar-refractivity contribution in [3.05, 3.63) is 71.0 Å². The van der Waals surface area contributed by atoms with Crippen LogP contribution in [0.4, 0.5) is 4.39 Å². The van der Waals surface area contributed by atoms with Crippen molar-refractivity contribution >= 4 is 15.8 Å². The average molecular weight is 435 g/mol. The first-order valence-corrected chi connectivity index (χ1v) is 11.9. The first-order valence-electron chi connectivity index (χ1n) is 9.81. The largest absolute Gasteiger partial charge is 0.355 e. The monoisotopic (exact) mass is 434 g/mol. The average Bonchev–Trinajstić information content (AvgIpc) is 2.69. The molecule has 0 saturated heterocycles. The van der Waals surface area contributed by atoms with Crippen LogP contribution < -0.4 is 10.6 Å². The predicted molar refractivity (Wildman–Crippen MR) is 121 cm³/mol. The number of nitrogens with zero attached hydrogens (tertiary/aromatic N) is 2. The molecule has 0 spiro atoms. The van der Waals surface area contributed by atoms with E-state index in [9.17, 15) is 12.8 Å². The van der Waals surface area contributed by atoms with Gasteiger partial charge in [-0.05, 0) is 42.8 Å². The molecule has 8 heteroatoms. The SMILES string of the molecule is CN=C(NCc1cc(F)ccc1CS(C)(=O)=O)NCC(C)N(C)Cc1ccccc1. The van der Waals surface area contributed by atoms with E-state index >= 15 is 0 Å². The smallest absolute Gasteiger partial charge is 0.191 e. The quantitative estimate of drug-likeness (QED) is 0.469. The molecule has 0 aliphatic rings. The molecular weight excluding hydrogens is 403 g/mol. The lowest BCUT2D eigenvalue weighted by Crippen LogP contribution is -2.44. The van der Waals surface area contributed by atoms with E-state index in [4.69, 9.17) is 0 Å². The molecule has 30 heavy (non-hydrogen) atoms. The van der Waals surface area contributed by atoms with Gasteiger partial charge < -0.3 is 10.6 Å². The minimum atomic E-state index is -3.22. The van der Waals surface area contributed by atoms with Crippen molar-refractivity contribution < 1.29 is 12.8 Å². The number of rotatable bonds is 9. The zero-order chi connectivity index (χ0) is 22.1. The molecule has 0 aliphatic carbocycles. The highest BCUT2D eigenvalue weighted by Crippen LogP contribution is 2.14. The number of benzene rings is 2. The van der Waals surface area contributed by atoms with E-state index in [-0.39, 0.29) is 18.3 Å². The van der Waals surface area contributed by atoms with E-state index in [0.29, 0.717) is 23.6 Å². The fraction of sp³-hybridized carbons (Fsp3) is 0.409. The van der Waals surface area contributed by atoms with Crippen LogP contribution in [0.15, 0.2) is 53.5 Å². The third kappa shape index (κ3) is 8.12. The molecule has 164 valence electrons. The number of nitrogens with one attached hydrogen (secondary N) is 2. The molecule has 2 N–H and O–H groups in total. The lowest BCUT2D eigenvalue weighted by molar-refractivity contribution is 0.249. The van der Waals surface area contributed by atoms with Gasteiger partial charge in [-0.2, -0.15) is 0 Å². The second-order valence-corrected chi connectivity index (χ2v) is 9.68. The maximum Gasteiger partial charge on any atom is 0.191 e. The highest BCUT2D eigenvalue weighted by molar-refractivity contribution is 7.89. The van der Waals surface area contributed by atoms with E-state index in [1.807, 2.05) is 18.2 Å². The Morgan fingerprint density at radius 1 is 1.13 bits per heavy atom. The van der Waals surface area contributed by atoms with Crippen LogP contribution in [-0.2, 0) is 28.7 Å². The number of guanidine groups is 1. The summed E-state index contributed by atoms with van der Waals surface area (Å²) in [6.07, 6.45) is 1.17. The van der Waals surface area contributed by atoms with Gasteiger partial charge in [-0.15, -0.1) is 0 Å². The number of halogens is 1. The molecule has 0 fully saturated rings. The molecular formula is C22H31FN4O2S. The second kappa shape index (κ2) is 11.1. The van der Waals surface area contributed by atoms with Crippen LogP contribution in [0.5, 0.6) is 0 Å². The summed E-state index contributed by atoms with van der Waals surface area (Å²) in [5, 5.41) is 6.42. The molecule has 6 nitrogen and oxygen atoms in total. The Morgan fingerprint density at radius 3 is 2.47 bits per heavy atom. The summed E-state index contributed by atoms with van der Waals surface area (Å²) in [7, 11) is 0.517. The van der Waals surface area contributed by atoms with Crippen LogP contribution in [0.1, 0.15) is 23.6 Å². The number of hydrogen-bond acceptors (Lipinski definition) is 4. The minimum absolute atomic E-state index is 0.127. The Bertz CT molecular complexity index is 949. The van der Waals surface area contributed by atoms with Crippen molar-refractivity contribution in [3.8, 4) is 0 Å². The Hall–Kier alpha value is -2.45. The van der Waals surface area contributed by atoms with Gasteiger partial charge in [0, 0.05) is 39.0 Å². The lowest BCUT2D eigenvalue weighted by atomic mass is 10.1. The molecule has 0 aromatic heterocycles. The molecule has 0 heterocycles. The highest BCUT2D eigenvalue weighted by Gasteiger charge is 2.13. The molecule has 1 unspecified atom stereocenters. The van der Waals surface area contributed by atoms with E-state index in [2.05, 4.69) is 46.6 Å². The molecule has 0 bridgehead atoms. The summed E-state index contributed by atoms with van der Waals surface area (Å²) < 4.78 is 37.0. The predicted octanol–water partition coefficient (Wildman–Crippen LogP) is 2.56. The molecule has 0 radical (unpaired) electrons. The van der Waals surface area contributed by atoms with Crippen molar-refractivity contribution in [1.29, 1.82) is 0 Å². The standard InChI is InChI=1S/C22H31FN4O2S/c1-17(27(3)15-18-8-6-5-7-9-18)13-25-22(24-2)26-14-20-12-21(23)11-10-19(20)16-30(4,28)29/h5-12,17H,13-16H2,1-4H3,(H2,24,25,26). The zero-order valence-electron chi connectivity index (χ0n) is 18.0. The molecule has 0 aliphatic heterocycles. The van der Waals surface area contributed by atoms with Crippen molar-refractivity contribution in [2.45, 2.75) is 31.8 Å². The molecule has 0 amide bonds. The maximum absolute atomic E-state index is 13.7. The van der Waals surface area contributed by atoms with Crippen LogP contribution in [0, 0.1) is 5.82 Å². The van der Waals surface area contributed by atoms with Crippen molar-refractivity contribution in [2.24, 2.45) is 4.99 Å². The van der Waals surface area contributed by atoms with Crippen LogP contribution in [0.3, 0.4) is 0 Å². The van der Waals surface area contributed by atoms with Crippen LogP contribution in [0.2, 0.25) is 0 Å². The Balaban J connectivity index is 1.91. The van der Waals surface area contributed by atoms with E-state index < -0.39 is 15.7 Å². The Kier molecular flexibility index (Phi) is 8.80. The first-order chi connectivity index (χ1) is 14.2. The summed E-state index contributed by atoms with van der Waals surface area (Å²) >= 11 is 0. The molecule has 0 saturated carbocycles. The fourth-order valence-electron chi connectivity index (χ4n) is 3.01. The summed E-state index contributed by atoms with van der Waals surface area (Å²) in [4.78, 5) is 6.45. The zero-order valence-corrected chi connectivity index (χ0v) is 18.8. The van der Waals surface area contributed by atoms with Gasteiger partial charge in [0.25, 0.3) is 0 Å². The van der Waals surface area contributed by atoms with E-state index in [1.165, 1.54) is 30.0 Å². The first kappa shape index (κ1) is 23.8. The van der Waals surface area contributed by atoms with Gasteiger partial charge in [-0.25, -0.2) is 12.8 Å². The van der Waals surface area contributed by atoms with Crippen molar-refractivity contribution in [1.82, 2.24) is 15.5 Å². The van der Waals surface area contributed by atoms with Gasteiger partial charge in [0.05, 0.1) is 5.75 Å². The topological polar surface area (TPSA) is 73.8 Å². The highest BCUT2D eigenvalue weighted by atomic mass is 32.2. The number of sulfone groups is 1. The van der Waals surface area contributed by atoms with Gasteiger partial charge >= 0.3 is 0 Å². The lowest BCUT2D eigenvalue weighted by Gasteiger charge is -2.26. The Labute approximate surface area is 179 Å². The number of likely N-dealkylation sites (N-methyl/N-ethyl adjacent to an activating group) is 1. The third-order valence-electron chi connectivity index (χ3n) is 4.85. The van der Waals surface area contributed by atoms with E-state index in [1.54, 1.807) is 7.05 Å². The fourth-order valence-corrected chi connectivity index (χ4v) is 3.86. The van der Waals surface area contributed by atoms with Crippen molar-refractivity contribution in [3.63, 3.8) is 0 Å². The van der Waals surface area contributed by atoms with Crippen molar-refractivity contribution in [2.75, 3.05) is 26.9 Å². The van der Waals surface area contributed by atoms with Gasteiger partial charge in [0.1, 0.15) is 5.82 Å². The van der Waals surface area contributed by atoms with Crippen LogP contribution in [0.25, 0.3) is 0 Å². The molecule has 1 atom stereocenters. The molecule has 2 aromatic carbocycles. The second-order valence-electron chi connectivity index (χ2n) is 7.54. The minimum Gasteiger partial charge on any atom is -0.355 e. The summed E-state index contributed by atoms with van der Waals surface area (Å²) in [5.74, 6) is 0.0464. The molecule has 2 aromatic rings. The third-order valence-corrected chi connectivity index (χ3v) is 5.68.